The molecule has 0 unspecified atom stereocenters. The highest BCUT2D eigenvalue weighted by atomic mass is 16.5. The van der Waals surface area contributed by atoms with Gasteiger partial charge in [0.25, 0.3) is 5.56 Å². The topological polar surface area (TPSA) is 74.3 Å². The van der Waals surface area contributed by atoms with E-state index in [0.717, 1.165) is 37.5 Å². The molecule has 0 aliphatic carbocycles. The number of benzene rings is 1. The number of unbranched alkanes of at least 4 members (excludes halogenated alkanes) is 3. The van der Waals surface area contributed by atoms with Crippen molar-refractivity contribution in [2.24, 2.45) is 5.73 Å². The summed E-state index contributed by atoms with van der Waals surface area (Å²) >= 11 is 0. The van der Waals surface area contributed by atoms with E-state index in [1.807, 2.05) is 12.1 Å². The maximum atomic E-state index is 12.5. The number of ether oxygens (including phenoxy) is 1. The summed E-state index contributed by atoms with van der Waals surface area (Å²) in [6.07, 6.45) is 5.00. The van der Waals surface area contributed by atoms with Gasteiger partial charge in [0.15, 0.2) is 0 Å². The summed E-state index contributed by atoms with van der Waals surface area (Å²) in [6.45, 7) is 3.31. The van der Waals surface area contributed by atoms with Crippen molar-refractivity contribution in [1.29, 1.82) is 0 Å². The SMILES string of the molecule is CCCCCC(=O)n1c(=O)ccc2ccc(OCCCCN)cc21. The average Bonchev–Trinajstić information content (AvgIpc) is 2.58. The summed E-state index contributed by atoms with van der Waals surface area (Å²) < 4.78 is 6.98. The van der Waals surface area contributed by atoms with Gasteiger partial charge >= 0.3 is 0 Å². The first-order valence-electron chi connectivity index (χ1n) is 8.69. The normalized spacial score (nSPS) is 10.9. The van der Waals surface area contributed by atoms with Crippen LogP contribution < -0.4 is 16.0 Å². The lowest BCUT2D eigenvalue weighted by Gasteiger charge is -2.11. The quantitative estimate of drug-likeness (QED) is 0.716. The summed E-state index contributed by atoms with van der Waals surface area (Å²) in [5.41, 5.74) is 5.79. The molecule has 2 rings (SSSR count). The van der Waals surface area contributed by atoms with E-state index >= 15 is 0 Å². The first-order valence-corrected chi connectivity index (χ1v) is 8.69. The molecule has 1 heterocycles. The molecule has 2 aromatic rings. The number of pyridine rings is 1. The number of carbonyl (C=O) groups is 1. The van der Waals surface area contributed by atoms with E-state index in [1.165, 1.54) is 10.6 Å². The van der Waals surface area contributed by atoms with Gasteiger partial charge in [-0.2, -0.15) is 0 Å². The first-order chi connectivity index (χ1) is 11.7. The van der Waals surface area contributed by atoms with Crippen molar-refractivity contribution in [3.05, 3.63) is 40.7 Å². The van der Waals surface area contributed by atoms with Crippen molar-refractivity contribution in [2.45, 2.75) is 45.4 Å². The van der Waals surface area contributed by atoms with Gasteiger partial charge in [-0.15, -0.1) is 0 Å². The Morgan fingerprint density at radius 3 is 2.67 bits per heavy atom. The summed E-state index contributed by atoms with van der Waals surface area (Å²) in [5.74, 6) is 0.513. The zero-order valence-electron chi connectivity index (χ0n) is 14.3. The third-order valence-corrected chi connectivity index (χ3v) is 3.98. The Balaban J connectivity index is 2.26. The minimum atomic E-state index is -0.288. The molecule has 24 heavy (non-hydrogen) atoms. The molecule has 0 bridgehead atoms. The van der Waals surface area contributed by atoms with Crippen LogP contribution in [-0.4, -0.2) is 23.6 Å². The second-order valence-corrected chi connectivity index (χ2v) is 5.92. The molecule has 0 atom stereocenters. The second kappa shape index (κ2) is 9.23. The van der Waals surface area contributed by atoms with Gasteiger partial charge in [-0.3, -0.25) is 9.59 Å². The summed E-state index contributed by atoms with van der Waals surface area (Å²) in [4.78, 5) is 24.7. The lowest BCUT2D eigenvalue weighted by molar-refractivity contribution is 0.0900. The van der Waals surface area contributed by atoms with Crippen LogP contribution in [0.3, 0.4) is 0 Å². The van der Waals surface area contributed by atoms with E-state index < -0.39 is 0 Å². The third kappa shape index (κ3) is 4.68. The Labute approximate surface area is 142 Å². The number of hydrogen-bond donors (Lipinski definition) is 1. The van der Waals surface area contributed by atoms with E-state index in [9.17, 15) is 9.59 Å². The van der Waals surface area contributed by atoms with Crippen LogP contribution in [0.1, 0.15) is 50.2 Å². The minimum absolute atomic E-state index is 0.153. The molecule has 0 aliphatic rings. The van der Waals surface area contributed by atoms with E-state index in [-0.39, 0.29) is 11.5 Å². The zero-order chi connectivity index (χ0) is 17.4. The molecule has 5 nitrogen and oxygen atoms in total. The minimum Gasteiger partial charge on any atom is -0.494 e. The van der Waals surface area contributed by atoms with E-state index in [1.54, 1.807) is 12.1 Å². The molecule has 0 saturated carbocycles. The molecule has 0 fully saturated rings. The van der Waals surface area contributed by atoms with Crippen LogP contribution in [0.25, 0.3) is 10.9 Å². The highest BCUT2D eigenvalue weighted by Crippen LogP contribution is 2.20. The van der Waals surface area contributed by atoms with Gasteiger partial charge in [-0.1, -0.05) is 19.8 Å². The molecule has 5 heteroatoms. The lowest BCUT2D eigenvalue weighted by atomic mass is 10.1. The fourth-order valence-electron chi connectivity index (χ4n) is 2.63. The van der Waals surface area contributed by atoms with Gasteiger partial charge in [0, 0.05) is 18.6 Å². The Kier molecular flexibility index (Phi) is 7.00. The number of carbonyl (C=O) groups excluding carboxylic acids is 1. The number of aromatic nitrogens is 1. The summed E-state index contributed by atoms with van der Waals surface area (Å²) in [7, 11) is 0. The molecule has 0 amide bonds. The Bertz CT molecular complexity index is 737. The Morgan fingerprint density at radius 1 is 1.12 bits per heavy atom. The number of nitrogens with zero attached hydrogens (tertiary/aromatic N) is 1. The van der Waals surface area contributed by atoms with E-state index in [4.69, 9.17) is 10.5 Å². The first kappa shape index (κ1) is 18.2. The van der Waals surface area contributed by atoms with E-state index in [0.29, 0.717) is 30.8 Å². The Morgan fingerprint density at radius 2 is 1.92 bits per heavy atom. The molecular formula is C19H26N2O3. The van der Waals surface area contributed by atoms with Gasteiger partial charge in [0.2, 0.25) is 5.91 Å². The van der Waals surface area contributed by atoms with Crippen LogP contribution >= 0.6 is 0 Å². The number of nitrogens with two attached hydrogens (primary N) is 1. The van der Waals surface area contributed by atoms with Gasteiger partial charge in [0.05, 0.1) is 12.1 Å². The van der Waals surface area contributed by atoms with Crippen molar-refractivity contribution >= 4 is 16.8 Å². The molecular weight excluding hydrogens is 304 g/mol. The maximum absolute atomic E-state index is 12.5. The number of fused-ring (bicyclic) bond motifs is 1. The van der Waals surface area contributed by atoms with Crippen LogP contribution in [0.2, 0.25) is 0 Å². The molecule has 2 N–H and O–H groups in total. The maximum Gasteiger partial charge on any atom is 0.257 e. The monoisotopic (exact) mass is 330 g/mol. The zero-order valence-corrected chi connectivity index (χ0v) is 14.3. The van der Waals surface area contributed by atoms with Crippen molar-refractivity contribution in [3.63, 3.8) is 0 Å². The predicted octanol–water partition coefficient (Wildman–Crippen LogP) is 3.34. The van der Waals surface area contributed by atoms with Crippen molar-refractivity contribution in [1.82, 2.24) is 4.57 Å². The lowest BCUT2D eigenvalue weighted by Crippen LogP contribution is -2.26. The number of rotatable bonds is 9. The fraction of sp³-hybridized carbons (Fsp3) is 0.474. The summed E-state index contributed by atoms with van der Waals surface area (Å²) in [6, 6.07) is 8.70. The number of hydrogen-bond acceptors (Lipinski definition) is 4. The fourth-order valence-corrected chi connectivity index (χ4v) is 2.63. The van der Waals surface area contributed by atoms with Crippen LogP contribution in [0.15, 0.2) is 35.1 Å². The highest BCUT2D eigenvalue weighted by Gasteiger charge is 2.11. The molecule has 0 radical (unpaired) electrons. The van der Waals surface area contributed by atoms with Crippen molar-refractivity contribution in [3.8, 4) is 5.75 Å². The van der Waals surface area contributed by atoms with Crippen LogP contribution in [0.5, 0.6) is 5.75 Å². The second-order valence-electron chi connectivity index (χ2n) is 5.92. The third-order valence-electron chi connectivity index (χ3n) is 3.98. The molecule has 130 valence electrons. The van der Waals surface area contributed by atoms with Gasteiger partial charge in [-0.05, 0) is 49.4 Å². The molecule has 1 aromatic carbocycles. The smallest absolute Gasteiger partial charge is 0.257 e. The molecule has 0 saturated heterocycles. The van der Waals surface area contributed by atoms with Gasteiger partial charge in [0.1, 0.15) is 5.75 Å². The molecule has 0 spiro atoms. The van der Waals surface area contributed by atoms with Gasteiger partial charge in [-0.25, -0.2) is 4.57 Å². The average molecular weight is 330 g/mol. The molecule has 0 aliphatic heterocycles. The van der Waals surface area contributed by atoms with Crippen molar-refractivity contribution < 1.29 is 9.53 Å². The van der Waals surface area contributed by atoms with Crippen LogP contribution in [0.4, 0.5) is 0 Å². The molecule has 1 aromatic heterocycles. The largest absolute Gasteiger partial charge is 0.494 e. The van der Waals surface area contributed by atoms with Crippen molar-refractivity contribution in [2.75, 3.05) is 13.2 Å². The van der Waals surface area contributed by atoms with Gasteiger partial charge < -0.3 is 10.5 Å². The van der Waals surface area contributed by atoms with Crippen LogP contribution in [0, 0.1) is 0 Å². The summed E-state index contributed by atoms with van der Waals surface area (Å²) in [5, 5.41) is 0.854. The Hall–Kier alpha value is -2.14. The highest BCUT2D eigenvalue weighted by molar-refractivity contribution is 5.91. The van der Waals surface area contributed by atoms with E-state index in [2.05, 4.69) is 6.92 Å². The predicted molar refractivity (Wildman–Crippen MR) is 96.8 cm³/mol. The van der Waals surface area contributed by atoms with Crippen LogP contribution in [-0.2, 0) is 0 Å². The standard InChI is InChI=1S/C19H26N2O3/c1-2-3-4-7-18(22)21-17-14-16(24-13-6-5-12-20)10-8-15(17)9-11-19(21)23/h8-11,14H,2-7,12-13,20H2,1H3.